The first-order chi connectivity index (χ1) is 13.6. The summed E-state index contributed by atoms with van der Waals surface area (Å²) in [4.78, 5) is -0.0592. The van der Waals surface area contributed by atoms with E-state index in [1.54, 1.807) is 57.2 Å². The SMILES string of the molecule is Cc1cc(OC(C)C)c(S(=O)(=O)c2ccccc2)cc1S(=O)(=O)c1ccccc1. The Balaban J connectivity index is 2.29. The van der Waals surface area contributed by atoms with Crippen LogP contribution in [0.5, 0.6) is 5.75 Å². The van der Waals surface area contributed by atoms with Gasteiger partial charge in [0, 0.05) is 0 Å². The Morgan fingerprint density at radius 3 is 1.59 bits per heavy atom. The molecule has 0 amide bonds. The maximum atomic E-state index is 13.3. The van der Waals surface area contributed by atoms with Crippen LogP contribution < -0.4 is 4.74 Å². The summed E-state index contributed by atoms with van der Waals surface area (Å²) < 4.78 is 58.6. The molecule has 0 radical (unpaired) electrons. The van der Waals surface area contributed by atoms with Crippen molar-refractivity contribution in [3.05, 3.63) is 78.4 Å². The zero-order chi connectivity index (χ0) is 21.2. The van der Waals surface area contributed by atoms with Gasteiger partial charge in [-0.3, -0.25) is 0 Å². The number of rotatable bonds is 6. The van der Waals surface area contributed by atoms with E-state index in [1.165, 1.54) is 36.4 Å². The third-order valence-corrected chi connectivity index (χ3v) is 7.99. The Bertz CT molecular complexity index is 1210. The summed E-state index contributed by atoms with van der Waals surface area (Å²) in [7, 11) is -7.89. The minimum Gasteiger partial charge on any atom is -0.490 e. The lowest BCUT2D eigenvalue weighted by atomic mass is 10.2. The largest absolute Gasteiger partial charge is 0.490 e. The summed E-state index contributed by atoms with van der Waals surface area (Å²) >= 11 is 0. The van der Waals surface area contributed by atoms with Crippen molar-refractivity contribution in [2.24, 2.45) is 0 Å². The maximum absolute atomic E-state index is 13.3. The standard InChI is InChI=1S/C22H22O5S2/c1-16(2)27-20-14-17(3)21(28(23,24)18-10-6-4-7-11-18)15-22(20)29(25,26)19-12-8-5-9-13-19/h4-16H,1-3H3. The number of sulfone groups is 2. The Kier molecular flexibility index (Phi) is 5.82. The smallest absolute Gasteiger partial charge is 0.210 e. The van der Waals surface area contributed by atoms with Gasteiger partial charge in [0.15, 0.2) is 0 Å². The normalized spacial score (nSPS) is 12.1. The van der Waals surface area contributed by atoms with Gasteiger partial charge in [-0.15, -0.1) is 0 Å². The second-order valence-electron chi connectivity index (χ2n) is 6.86. The van der Waals surface area contributed by atoms with Crippen LogP contribution in [0.2, 0.25) is 0 Å². The van der Waals surface area contributed by atoms with E-state index < -0.39 is 19.7 Å². The molecule has 5 nitrogen and oxygen atoms in total. The summed E-state index contributed by atoms with van der Waals surface area (Å²) in [6.07, 6.45) is -0.282. The predicted octanol–water partition coefficient (Wildman–Crippen LogP) is 4.45. The highest BCUT2D eigenvalue weighted by Gasteiger charge is 2.28. The van der Waals surface area contributed by atoms with E-state index in [0.29, 0.717) is 5.56 Å². The minimum atomic E-state index is -3.99. The fourth-order valence-electron chi connectivity index (χ4n) is 2.94. The predicted molar refractivity (Wildman–Crippen MR) is 111 cm³/mol. The van der Waals surface area contributed by atoms with E-state index in [2.05, 4.69) is 0 Å². The Labute approximate surface area is 171 Å². The average Bonchev–Trinajstić information content (AvgIpc) is 2.68. The van der Waals surface area contributed by atoms with Crippen molar-refractivity contribution in [1.29, 1.82) is 0 Å². The van der Waals surface area contributed by atoms with Gasteiger partial charge in [0.2, 0.25) is 19.7 Å². The van der Waals surface area contributed by atoms with E-state index in [4.69, 9.17) is 4.74 Å². The molecular weight excluding hydrogens is 408 g/mol. The highest BCUT2D eigenvalue weighted by atomic mass is 32.2. The Morgan fingerprint density at radius 2 is 1.14 bits per heavy atom. The van der Waals surface area contributed by atoms with Crippen LogP contribution in [0.4, 0.5) is 0 Å². The van der Waals surface area contributed by atoms with E-state index in [-0.39, 0.29) is 31.4 Å². The van der Waals surface area contributed by atoms with Crippen molar-refractivity contribution in [2.75, 3.05) is 0 Å². The van der Waals surface area contributed by atoms with Crippen LogP contribution >= 0.6 is 0 Å². The molecule has 0 fully saturated rings. The Hall–Kier alpha value is -2.64. The van der Waals surface area contributed by atoms with Crippen LogP contribution in [-0.4, -0.2) is 22.9 Å². The van der Waals surface area contributed by atoms with Gasteiger partial charge in [-0.1, -0.05) is 36.4 Å². The van der Waals surface area contributed by atoms with Crippen molar-refractivity contribution in [2.45, 2.75) is 46.5 Å². The fourth-order valence-corrected chi connectivity index (χ4v) is 5.96. The zero-order valence-electron chi connectivity index (χ0n) is 16.4. The van der Waals surface area contributed by atoms with Crippen LogP contribution in [0.15, 0.2) is 92.4 Å². The molecule has 0 bridgehead atoms. The van der Waals surface area contributed by atoms with Crippen LogP contribution in [0.1, 0.15) is 19.4 Å². The molecule has 3 rings (SSSR count). The molecule has 3 aromatic rings. The van der Waals surface area contributed by atoms with Crippen molar-refractivity contribution >= 4 is 19.7 Å². The number of benzene rings is 3. The van der Waals surface area contributed by atoms with Crippen LogP contribution in [0.25, 0.3) is 0 Å². The van der Waals surface area contributed by atoms with Crippen LogP contribution in [0, 0.1) is 6.92 Å². The van der Waals surface area contributed by atoms with Gasteiger partial charge >= 0.3 is 0 Å². The number of aryl methyl sites for hydroxylation is 1. The van der Waals surface area contributed by atoms with E-state index >= 15 is 0 Å². The second-order valence-corrected chi connectivity index (χ2v) is 10.7. The van der Waals surface area contributed by atoms with Gasteiger partial charge in [0.1, 0.15) is 10.6 Å². The summed E-state index contributed by atoms with van der Waals surface area (Å²) in [5, 5.41) is 0. The summed E-state index contributed by atoms with van der Waals surface area (Å²) in [6.45, 7) is 5.19. The topological polar surface area (TPSA) is 77.5 Å². The van der Waals surface area contributed by atoms with Gasteiger partial charge in [0.25, 0.3) is 0 Å². The molecule has 0 saturated carbocycles. The van der Waals surface area contributed by atoms with Crippen molar-refractivity contribution in [3.8, 4) is 5.75 Å². The average molecular weight is 431 g/mol. The molecule has 152 valence electrons. The van der Waals surface area contributed by atoms with Crippen molar-refractivity contribution in [1.82, 2.24) is 0 Å². The highest BCUT2D eigenvalue weighted by molar-refractivity contribution is 7.92. The lowest BCUT2D eigenvalue weighted by molar-refractivity contribution is 0.235. The summed E-state index contributed by atoms with van der Waals surface area (Å²) in [5.74, 6) is 0.133. The fraction of sp³-hybridized carbons (Fsp3) is 0.182. The van der Waals surface area contributed by atoms with E-state index in [0.717, 1.165) is 0 Å². The van der Waals surface area contributed by atoms with Crippen LogP contribution in [0.3, 0.4) is 0 Å². The van der Waals surface area contributed by atoms with E-state index in [1.807, 2.05) is 0 Å². The molecule has 0 atom stereocenters. The molecule has 0 saturated heterocycles. The summed E-state index contributed by atoms with van der Waals surface area (Å²) in [6, 6.07) is 18.5. The van der Waals surface area contributed by atoms with Gasteiger partial charge in [-0.2, -0.15) is 0 Å². The molecule has 7 heteroatoms. The van der Waals surface area contributed by atoms with Gasteiger partial charge in [0.05, 0.1) is 20.8 Å². The molecular formula is C22H22O5S2. The summed E-state index contributed by atoms with van der Waals surface area (Å²) in [5.41, 5.74) is 0.413. The first-order valence-electron chi connectivity index (χ1n) is 9.05. The quantitative estimate of drug-likeness (QED) is 0.577. The molecule has 0 aliphatic heterocycles. The van der Waals surface area contributed by atoms with Crippen molar-refractivity contribution in [3.63, 3.8) is 0 Å². The van der Waals surface area contributed by atoms with Gasteiger partial charge in [-0.25, -0.2) is 16.8 Å². The molecule has 0 N–H and O–H groups in total. The first kappa shape index (κ1) is 21.1. The highest BCUT2D eigenvalue weighted by Crippen LogP contribution is 2.36. The second kappa shape index (κ2) is 8.00. The molecule has 0 aliphatic carbocycles. The van der Waals surface area contributed by atoms with Crippen molar-refractivity contribution < 1.29 is 21.6 Å². The van der Waals surface area contributed by atoms with Crippen LogP contribution in [-0.2, 0) is 19.7 Å². The number of hydrogen-bond acceptors (Lipinski definition) is 5. The molecule has 0 spiro atoms. The molecule has 0 unspecified atom stereocenters. The van der Waals surface area contributed by atoms with Gasteiger partial charge < -0.3 is 4.74 Å². The van der Waals surface area contributed by atoms with Gasteiger partial charge in [-0.05, 0) is 62.7 Å². The first-order valence-corrected chi connectivity index (χ1v) is 12.0. The lowest BCUT2D eigenvalue weighted by Gasteiger charge is -2.18. The molecule has 0 aliphatic rings. The lowest BCUT2D eigenvalue weighted by Crippen LogP contribution is -2.13. The van der Waals surface area contributed by atoms with E-state index in [9.17, 15) is 16.8 Å². The Morgan fingerprint density at radius 1 is 0.690 bits per heavy atom. The maximum Gasteiger partial charge on any atom is 0.210 e. The third-order valence-electron chi connectivity index (χ3n) is 4.29. The molecule has 29 heavy (non-hydrogen) atoms. The zero-order valence-corrected chi connectivity index (χ0v) is 18.0. The molecule has 0 aromatic heterocycles. The molecule has 3 aromatic carbocycles. The third kappa shape index (κ3) is 4.21. The minimum absolute atomic E-state index is 0.0608. The molecule has 0 heterocycles. The monoisotopic (exact) mass is 430 g/mol. The number of hydrogen-bond donors (Lipinski definition) is 0. The number of ether oxygens (including phenoxy) is 1.